The van der Waals surface area contributed by atoms with Crippen LogP contribution in [0.15, 0.2) is 72.8 Å². The molecule has 0 aliphatic carbocycles. The molecule has 0 fully saturated rings. The Bertz CT molecular complexity index is 2200. The van der Waals surface area contributed by atoms with Crippen LogP contribution in [0.5, 0.6) is 28.7 Å². The standard InChI is InChI=1S/C48H57F2NO15/c1-46(2,3)65-43(52)25-51-26-44(53)66-47(4,5)24-32-13-14-33(19-38(32)60-28-45(54)61-27-31-11-9-8-10-12-31)48(55)34-20-36(49)41(62-29-58-17-15-56-6)22-39(34)64-40-23-42(37(50)21-35(40)48)63-30-59-18-16-57-7/h8-14,19-23,51,55H,15-18,24-30H2,1-7H3. The average Bonchev–Trinajstić information content (AvgIpc) is 3.25. The van der Waals surface area contributed by atoms with Gasteiger partial charge in [0.25, 0.3) is 0 Å². The minimum atomic E-state index is -2.35. The van der Waals surface area contributed by atoms with Gasteiger partial charge in [0.1, 0.15) is 40.7 Å². The lowest BCUT2D eigenvalue weighted by Crippen LogP contribution is -2.38. The number of rotatable bonds is 25. The normalized spacial score (nSPS) is 12.9. The summed E-state index contributed by atoms with van der Waals surface area (Å²) in [6.07, 6.45) is 0.0117. The van der Waals surface area contributed by atoms with Crippen LogP contribution >= 0.6 is 0 Å². The van der Waals surface area contributed by atoms with E-state index in [-0.39, 0.29) is 112 Å². The van der Waals surface area contributed by atoms with E-state index in [0.29, 0.717) is 5.56 Å². The van der Waals surface area contributed by atoms with Crippen molar-refractivity contribution >= 4 is 17.9 Å². The van der Waals surface area contributed by atoms with Crippen LogP contribution in [-0.2, 0) is 66.2 Å². The highest BCUT2D eigenvalue weighted by Crippen LogP contribution is 2.53. The molecule has 0 saturated carbocycles. The van der Waals surface area contributed by atoms with Crippen molar-refractivity contribution in [2.75, 3.05) is 73.9 Å². The number of aliphatic hydroxyl groups is 1. The highest BCUT2D eigenvalue weighted by Gasteiger charge is 2.45. The van der Waals surface area contributed by atoms with Gasteiger partial charge in [0.15, 0.2) is 43.3 Å². The van der Waals surface area contributed by atoms with Crippen LogP contribution < -0.4 is 24.3 Å². The zero-order chi connectivity index (χ0) is 47.9. The number of esters is 3. The molecule has 66 heavy (non-hydrogen) atoms. The lowest BCUT2D eigenvalue weighted by atomic mass is 9.77. The summed E-state index contributed by atoms with van der Waals surface area (Å²) in [7, 11) is 3.00. The molecule has 0 saturated heterocycles. The van der Waals surface area contributed by atoms with E-state index in [1.165, 1.54) is 38.5 Å². The molecule has 4 aromatic carbocycles. The van der Waals surface area contributed by atoms with Gasteiger partial charge in [-0.2, -0.15) is 0 Å². The summed E-state index contributed by atoms with van der Waals surface area (Å²) < 4.78 is 92.4. The highest BCUT2D eigenvalue weighted by atomic mass is 19.1. The maximum Gasteiger partial charge on any atom is 0.344 e. The van der Waals surface area contributed by atoms with E-state index >= 15 is 8.78 Å². The largest absolute Gasteiger partial charge is 0.482 e. The quantitative estimate of drug-likeness (QED) is 0.0328. The second kappa shape index (κ2) is 23.5. The number of carbonyl (C=O) groups excluding carboxylic acids is 3. The summed E-state index contributed by atoms with van der Waals surface area (Å²) in [5.74, 6) is -4.36. The third-order valence-corrected chi connectivity index (χ3v) is 9.56. The van der Waals surface area contributed by atoms with Crippen LogP contribution in [0.2, 0.25) is 0 Å². The predicted octanol–water partition coefficient (Wildman–Crippen LogP) is 6.27. The third kappa shape index (κ3) is 14.6. The van der Waals surface area contributed by atoms with Gasteiger partial charge < -0.3 is 57.2 Å². The number of carbonyl (C=O) groups is 3. The van der Waals surface area contributed by atoms with E-state index in [1.807, 2.05) is 6.07 Å². The Morgan fingerprint density at radius 2 is 1.24 bits per heavy atom. The molecule has 358 valence electrons. The topological polar surface area (TPSA) is 185 Å². The van der Waals surface area contributed by atoms with Gasteiger partial charge in [-0.05, 0) is 69.5 Å². The van der Waals surface area contributed by atoms with Gasteiger partial charge in [-0.25, -0.2) is 13.6 Å². The lowest BCUT2D eigenvalue weighted by Gasteiger charge is -2.37. The Labute approximate surface area is 382 Å². The Morgan fingerprint density at radius 1 is 0.682 bits per heavy atom. The van der Waals surface area contributed by atoms with E-state index in [2.05, 4.69) is 5.32 Å². The molecule has 18 heteroatoms. The summed E-state index contributed by atoms with van der Waals surface area (Å²) in [5.41, 5.74) is -3.32. The molecule has 0 spiro atoms. The summed E-state index contributed by atoms with van der Waals surface area (Å²) >= 11 is 0. The zero-order valence-corrected chi connectivity index (χ0v) is 38.1. The van der Waals surface area contributed by atoms with Gasteiger partial charge in [-0.1, -0.05) is 42.5 Å². The number of methoxy groups -OCH3 is 2. The van der Waals surface area contributed by atoms with Crippen LogP contribution in [0.1, 0.15) is 62.4 Å². The van der Waals surface area contributed by atoms with Crippen molar-refractivity contribution in [1.82, 2.24) is 5.32 Å². The number of benzene rings is 4. The van der Waals surface area contributed by atoms with Crippen molar-refractivity contribution in [2.24, 2.45) is 0 Å². The van der Waals surface area contributed by atoms with Gasteiger partial charge >= 0.3 is 17.9 Å². The maximum absolute atomic E-state index is 15.9. The van der Waals surface area contributed by atoms with Gasteiger partial charge in [-0.3, -0.25) is 14.9 Å². The lowest BCUT2D eigenvalue weighted by molar-refractivity contribution is -0.156. The number of nitrogens with one attached hydrogen (secondary N) is 1. The van der Waals surface area contributed by atoms with Crippen molar-refractivity contribution in [1.29, 1.82) is 0 Å². The SMILES string of the molecule is COCCOCOc1cc2c(cc1F)C(O)(c1ccc(CC(C)(C)OC(=O)CNCC(=O)OC(C)(C)C)c(OCC(=O)OCc3ccccc3)c1)c1cc(F)c(OCOCCOC)cc1O2. The van der Waals surface area contributed by atoms with Gasteiger partial charge in [0, 0.05) is 43.9 Å². The number of halogens is 2. The summed E-state index contributed by atoms with van der Waals surface area (Å²) in [5, 5.41) is 15.8. The molecule has 1 heterocycles. The van der Waals surface area contributed by atoms with Crippen LogP contribution in [0.25, 0.3) is 0 Å². The first-order valence-electron chi connectivity index (χ1n) is 21.0. The smallest absolute Gasteiger partial charge is 0.344 e. The van der Waals surface area contributed by atoms with Gasteiger partial charge in [0.2, 0.25) is 0 Å². The molecular formula is C48H57F2NO15. The van der Waals surface area contributed by atoms with Crippen LogP contribution in [0.4, 0.5) is 8.78 Å². The van der Waals surface area contributed by atoms with Gasteiger partial charge in [-0.15, -0.1) is 0 Å². The predicted molar refractivity (Wildman–Crippen MR) is 232 cm³/mol. The monoisotopic (exact) mass is 925 g/mol. The molecule has 0 unspecified atom stereocenters. The first-order valence-corrected chi connectivity index (χ1v) is 21.0. The first-order chi connectivity index (χ1) is 31.4. The Hall–Kier alpha value is -5.89. The fraction of sp³-hybridized carbons (Fsp3) is 0.438. The van der Waals surface area contributed by atoms with Crippen molar-refractivity contribution in [3.63, 3.8) is 0 Å². The Morgan fingerprint density at radius 3 is 1.79 bits per heavy atom. The number of ether oxygens (including phenoxy) is 11. The fourth-order valence-electron chi connectivity index (χ4n) is 6.67. The molecule has 16 nitrogen and oxygen atoms in total. The first kappa shape index (κ1) is 51.1. The van der Waals surface area contributed by atoms with E-state index < -0.39 is 53.0 Å². The van der Waals surface area contributed by atoms with Gasteiger partial charge in [0.05, 0.1) is 39.5 Å². The van der Waals surface area contributed by atoms with Crippen molar-refractivity contribution in [3.05, 3.63) is 112 Å². The third-order valence-electron chi connectivity index (χ3n) is 9.56. The molecule has 0 radical (unpaired) electrons. The molecule has 0 atom stereocenters. The summed E-state index contributed by atoms with van der Waals surface area (Å²) in [6, 6.07) is 18.0. The Balaban J connectivity index is 1.51. The number of hydrogen-bond acceptors (Lipinski definition) is 16. The van der Waals surface area contributed by atoms with Crippen molar-refractivity contribution in [2.45, 2.75) is 64.4 Å². The van der Waals surface area contributed by atoms with E-state index in [0.717, 1.165) is 17.7 Å². The second-order valence-electron chi connectivity index (χ2n) is 16.6. The van der Waals surface area contributed by atoms with Crippen LogP contribution in [0, 0.1) is 11.6 Å². The summed E-state index contributed by atoms with van der Waals surface area (Å²) in [4.78, 5) is 38.2. The molecule has 0 amide bonds. The number of hydrogen-bond donors (Lipinski definition) is 2. The molecule has 5 rings (SSSR count). The fourth-order valence-corrected chi connectivity index (χ4v) is 6.67. The Kier molecular flexibility index (Phi) is 18.2. The van der Waals surface area contributed by atoms with Crippen LogP contribution in [-0.4, -0.2) is 108 Å². The van der Waals surface area contributed by atoms with E-state index in [1.54, 1.807) is 65.0 Å². The van der Waals surface area contributed by atoms with Crippen molar-refractivity contribution in [3.8, 4) is 28.7 Å². The molecule has 2 N–H and O–H groups in total. The molecule has 0 aromatic heterocycles. The minimum Gasteiger partial charge on any atom is -0.482 e. The maximum atomic E-state index is 15.9. The molecule has 0 bridgehead atoms. The second-order valence-corrected chi connectivity index (χ2v) is 16.6. The highest BCUT2D eigenvalue weighted by molar-refractivity contribution is 5.75. The molecule has 4 aromatic rings. The summed E-state index contributed by atoms with van der Waals surface area (Å²) in [6.45, 7) is 7.57. The molecule has 1 aliphatic rings. The molecular weight excluding hydrogens is 869 g/mol. The molecule has 1 aliphatic heterocycles. The van der Waals surface area contributed by atoms with Crippen LogP contribution in [0.3, 0.4) is 0 Å². The average molecular weight is 926 g/mol. The van der Waals surface area contributed by atoms with E-state index in [4.69, 9.17) is 52.1 Å². The van der Waals surface area contributed by atoms with E-state index in [9.17, 15) is 19.5 Å². The van der Waals surface area contributed by atoms with Crippen molar-refractivity contribution < 1.29 is 80.4 Å². The zero-order valence-electron chi connectivity index (χ0n) is 38.1. The number of fused-ring (bicyclic) bond motifs is 2. The minimum absolute atomic E-state index is 0.0117.